The van der Waals surface area contributed by atoms with Gasteiger partial charge in [0, 0.05) is 44.6 Å². The molecule has 9 aromatic carbocycles. The van der Waals surface area contributed by atoms with Gasteiger partial charge in [-0.05, 0) is 138 Å². The molecule has 0 amide bonds. The molecular formula is C59H45N3. The van der Waals surface area contributed by atoms with Crippen molar-refractivity contribution in [2.24, 2.45) is 0 Å². The molecule has 12 rings (SSSR count). The predicted molar refractivity (Wildman–Crippen MR) is 259 cm³/mol. The first kappa shape index (κ1) is 36.2. The number of hydrogen-bond acceptors (Lipinski definition) is 2. The molecule has 2 aliphatic carbocycles. The zero-order valence-electron chi connectivity index (χ0n) is 34.5. The van der Waals surface area contributed by atoms with Crippen molar-refractivity contribution in [3.05, 3.63) is 247 Å². The van der Waals surface area contributed by atoms with E-state index >= 15 is 0 Å². The molecule has 0 unspecified atom stereocenters. The number of aromatic nitrogens is 1. The first-order valence-corrected chi connectivity index (χ1v) is 22.0. The van der Waals surface area contributed by atoms with E-state index in [4.69, 9.17) is 0 Å². The van der Waals surface area contributed by atoms with Crippen LogP contribution in [0.15, 0.2) is 224 Å². The third-order valence-electron chi connectivity index (χ3n) is 13.5. The minimum atomic E-state index is -0.166. The highest BCUT2D eigenvalue weighted by Crippen LogP contribution is 2.60. The number of anilines is 6. The Bertz CT molecular complexity index is 3190. The quantitative estimate of drug-likeness (QED) is 0.152. The summed E-state index contributed by atoms with van der Waals surface area (Å²) in [6.07, 6.45) is 4.24. The van der Waals surface area contributed by atoms with Crippen LogP contribution < -0.4 is 9.80 Å². The Morgan fingerprint density at radius 2 is 0.871 bits per heavy atom. The smallest absolute Gasteiger partial charge is 0.0562 e. The van der Waals surface area contributed by atoms with Crippen molar-refractivity contribution in [2.45, 2.75) is 31.1 Å². The number of rotatable bonds is 8. The van der Waals surface area contributed by atoms with E-state index in [2.05, 4.69) is 239 Å². The van der Waals surface area contributed by atoms with Crippen molar-refractivity contribution in [1.29, 1.82) is 0 Å². The Hall–Kier alpha value is -7.62. The molecule has 0 bridgehead atoms. The molecule has 3 nitrogen and oxygen atoms in total. The van der Waals surface area contributed by atoms with Crippen LogP contribution in [-0.2, 0) is 18.3 Å². The van der Waals surface area contributed by atoms with Crippen molar-refractivity contribution in [1.82, 2.24) is 4.57 Å². The maximum atomic E-state index is 2.54. The molecule has 0 saturated carbocycles. The number of hydrogen-bond donors (Lipinski definition) is 0. The van der Waals surface area contributed by atoms with Crippen molar-refractivity contribution >= 4 is 55.9 Å². The predicted octanol–water partition coefficient (Wildman–Crippen LogP) is 15.6. The van der Waals surface area contributed by atoms with Gasteiger partial charge in [0.05, 0.1) is 22.4 Å². The summed E-state index contributed by atoms with van der Waals surface area (Å²) >= 11 is 0. The molecular weight excluding hydrogens is 751 g/mol. The van der Waals surface area contributed by atoms with Crippen LogP contribution in [0, 0.1) is 0 Å². The standard InChI is InChI=1S/C59H45N3/c1-6-19-42(20-7-1)50-31-18-32-52-56(50)51-36-35-49(41-55(51)62(52)48-29-14-5-15-30-48)61(47-27-12-4-13-28-47)54-34-17-22-44-38-40-59(58(44)54)39-37-43-21-16-33-53(57(43)59)60(45-23-8-2-9-24-45)46-25-10-3-11-26-46/h1-36,41H,37-40H2/t59-/m1/s1. The summed E-state index contributed by atoms with van der Waals surface area (Å²) in [5.74, 6) is 0. The van der Waals surface area contributed by atoms with E-state index < -0.39 is 0 Å². The molecule has 1 atom stereocenters. The summed E-state index contributed by atoms with van der Waals surface area (Å²) in [7, 11) is 0. The minimum Gasteiger partial charge on any atom is -0.310 e. The second kappa shape index (κ2) is 14.8. The van der Waals surface area contributed by atoms with E-state index in [0.717, 1.165) is 42.7 Å². The lowest BCUT2D eigenvalue weighted by molar-refractivity contribution is 0.508. The fourth-order valence-electron chi connectivity index (χ4n) is 11.0. The summed E-state index contributed by atoms with van der Waals surface area (Å²) in [4.78, 5) is 5.03. The first-order chi connectivity index (χ1) is 30.8. The number of fused-ring (bicyclic) bond motifs is 7. The van der Waals surface area contributed by atoms with Crippen LogP contribution in [0.3, 0.4) is 0 Å². The van der Waals surface area contributed by atoms with Crippen molar-refractivity contribution in [2.75, 3.05) is 9.80 Å². The molecule has 1 heterocycles. The van der Waals surface area contributed by atoms with Gasteiger partial charge in [-0.2, -0.15) is 0 Å². The molecule has 1 spiro atoms. The van der Waals surface area contributed by atoms with Crippen LogP contribution in [0.5, 0.6) is 0 Å². The second-order valence-corrected chi connectivity index (χ2v) is 16.8. The van der Waals surface area contributed by atoms with Gasteiger partial charge in [-0.1, -0.05) is 146 Å². The number of para-hydroxylation sites is 4. The number of aryl methyl sites for hydroxylation is 2. The molecule has 296 valence electrons. The Labute approximate surface area is 363 Å². The third-order valence-corrected chi connectivity index (χ3v) is 13.5. The van der Waals surface area contributed by atoms with Crippen LogP contribution in [0.25, 0.3) is 38.6 Å². The van der Waals surface area contributed by atoms with Crippen LogP contribution >= 0.6 is 0 Å². The molecule has 0 aliphatic heterocycles. The SMILES string of the molecule is c1ccc(-c2cccc3c2c2ccc(N(c4ccccc4)c4cccc5c4[C@]4(CCc6cccc(N(c7ccccc7)c7ccccc7)c64)CC5)cc2n3-c2ccccc2)cc1. The molecule has 0 N–H and O–H groups in total. The normalized spacial score (nSPS) is 15.2. The summed E-state index contributed by atoms with van der Waals surface area (Å²) < 4.78 is 2.46. The molecule has 0 fully saturated rings. The van der Waals surface area contributed by atoms with Gasteiger partial charge in [-0.25, -0.2) is 0 Å². The first-order valence-electron chi connectivity index (χ1n) is 22.0. The second-order valence-electron chi connectivity index (χ2n) is 16.8. The topological polar surface area (TPSA) is 11.4 Å². The number of nitrogens with zero attached hydrogens (tertiary/aromatic N) is 3. The van der Waals surface area contributed by atoms with Crippen LogP contribution in [0.2, 0.25) is 0 Å². The van der Waals surface area contributed by atoms with E-state index in [0.29, 0.717) is 0 Å². The average molecular weight is 796 g/mol. The highest BCUT2D eigenvalue weighted by atomic mass is 15.2. The number of benzene rings is 9. The summed E-state index contributed by atoms with van der Waals surface area (Å²) in [5, 5.41) is 2.51. The van der Waals surface area contributed by atoms with Crippen LogP contribution in [-0.4, -0.2) is 4.57 Å². The summed E-state index contributed by atoms with van der Waals surface area (Å²) in [6, 6.07) is 82.5. The zero-order chi connectivity index (χ0) is 41.0. The highest BCUT2D eigenvalue weighted by Gasteiger charge is 2.49. The van der Waals surface area contributed by atoms with Crippen molar-refractivity contribution in [3.8, 4) is 16.8 Å². The Morgan fingerprint density at radius 3 is 1.42 bits per heavy atom. The molecule has 1 aromatic heterocycles. The maximum Gasteiger partial charge on any atom is 0.0562 e. The lowest BCUT2D eigenvalue weighted by Crippen LogP contribution is -2.27. The lowest BCUT2D eigenvalue weighted by Gasteiger charge is -2.37. The largest absolute Gasteiger partial charge is 0.310 e. The lowest BCUT2D eigenvalue weighted by atomic mass is 9.74. The summed E-state index contributed by atoms with van der Waals surface area (Å²) in [6.45, 7) is 0. The third kappa shape index (κ3) is 5.73. The van der Waals surface area contributed by atoms with Gasteiger partial charge in [0.2, 0.25) is 0 Å². The van der Waals surface area contributed by atoms with Crippen molar-refractivity contribution in [3.63, 3.8) is 0 Å². The van der Waals surface area contributed by atoms with Gasteiger partial charge in [0.15, 0.2) is 0 Å². The minimum absolute atomic E-state index is 0.166. The maximum absolute atomic E-state index is 2.54. The highest BCUT2D eigenvalue weighted by molar-refractivity contribution is 6.16. The van der Waals surface area contributed by atoms with Crippen LogP contribution in [0.4, 0.5) is 34.1 Å². The Balaban J connectivity index is 1.10. The van der Waals surface area contributed by atoms with E-state index in [1.807, 2.05) is 0 Å². The zero-order valence-corrected chi connectivity index (χ0v) is 34.5. The van der Waals surface area contributed by atoms with Gasteiger partial charge in [0.1, 0.15) is 0 Å². The molecule has 0 saturated heterocycles. The van der Waals surface area contributed by atoms with E-state index in [-0.39, 0.29) is 5.41 Å². The fourth-order valence-corrected chi connectivity index (χ4v) is 11.0. The fraction of sp³-hybridized carbons (Fsp3) is 0.0847. The van der Waals surface area contributed by atoms with Crippen LogP contribution in [0.1, 0.15) is 35.1 Å². The molecule has 10 aromatic rings. The average Bonchev–Trinajstić information content (AvgIpc) is 4.03. The van der Waals surface area contributed by atoms with Gasteiger partial charge in [-0.3, -0.25) is 0 Å². The van der Waals surface area contributed by atoms with E-state index in [9.17, 15) is 0 Å². The Morgan fingerprint density at radius 1 is 0.387 bits per heavy atom. The Kier molecular flexibility index (Phi) is 8.67. The monoisotopic (exact) mass is 795 g/mol. The molecule has 0 radical (unpaired) electrons. The van der Waals surface area contributed by atoms with E-state index in [1.54, 1.807) is 0 Å². The van der Waals surface area contributed by atoms with Gasteiger partial charge in [-0.15, -0.1) is 0 Å². The molecule has 2 aliphatic rings. The molecule has 3 heteroatoms. The van der Waals surface area contributed by atoms with Crippen molar-refractivity contribution < 1.29 is 0 Å². The van der Waals surface area contributed by atoms with E-state index in [1.165, 1.54) is 77.9 Å². The van der Waals surface area contributed by atoms with Gasteiger partial charge in [0.25, 0.3) is 0 Å². The van der Waals surface area contributed by atoms with Gasteiger partial charge >= 0.3 is 0 Å². The molecule has 62 heavy (non-hydrogen) atoms. The summed E-state index contributed by atoms with van der Waals surface area (Å²) in [5.41, 5.74) is 18.8. The van der Waals surface area contributed by atoms with Gasteiger partial charge < -0.3 is 14.4 Å².